The van der Waals surface area contributed by atoms with Crippen LogP contribution in [0, 0.1) is 0 Å². The topological polar surface area (TPSA) is 79.8 Å². The third-order valence-electron chi connectivity index (χ3n) is 3.46. The molecule has 152 valence electrons. The number of anilines is 1. The molecule has 0 aromatic heterocycles. The van der Waals surface area contributed by atoms with Crippen LogP contribution in [-0.2, 0) is 15.8 Å². The Labute approximate surface area is 165 Å². The molecule has 2 rings (SSSR count). The molecule has 2 aromatic carbocycles. The average molecular weight is 405 g/mol. The van der Waals surface area contributed by atoms with Crippen molar-refractivity contribution in [1.29, 1.82) is 0 Å². The molecule has 2 amide bonds. The van der Waals surface area contributed by atoms with Crippen LogP contribution in [0.2, 0.25) is 0 Å². The third-order valence-corrected chi connectivity index (χ3v) is 3.46. The Balaban J connectivity index is 1.89. The SMILES string of the molecule is C=CCOc1ccccc1C=NNC(=O)CC(=O)Nc1cccc(C(F)(F)F)c1. The van der Waals surface area contributed by atoms with E-state index in [9.17, 15) is 22.8 Å². The second-order valence-corrected chi connectivity index (χ2v) is 5.73. The van der Waals surface area contributed by atoms with E-state index < -0.39 is 30.0 Å². The Bertz CT molecular complexity index is 911. The van der Waals surface area contributed by atoms with Gasteiger partial charge in [0.2, 0.25) is 11.8 Å². The minimum Gasteiger partial charge on any atom is -0.489 e. The molecule has 0 aliphatic carbocycles. The molecule has 2 aromatic rings. The number of nitrogens with zero attached hydrogens (tertiary/aromatic N) is 1. The summed E-state index contributed by atoms with van der Waals surface area (Å²) in [4.78, 5) is 23.7. The van der Waals surface area contributed by atoms with Gasteiger partial charge in [0, 0.05) is 11.3 Å². The van der Waals surface area contributed by atoms with Crippen LogP contribution in [0.4, 0.5) is 18.9 Å². The van der Waals surface area contributed by atoms with Crippen molar-refractivity contribution in [2.24, 2.45) is 5.10 Å². The van der Waals surface area contributed by atoms with E-state index in [2.05, 4.69) is 22.4 Å². The first-order chi connectivity index (χ1) is 13.8. The van der Waals surface area contributed by atoms with Gasteiger partial charge < -0.3 is 10.1 Å². The van der Waals surface area contributed by atoms with Gasteiger partial charge in [-0.15, -0.1) is 0 Å². The molecule has 0 radical (unpaired) electrons. The zero-order valence-electron chi connectivity index (χ0n) is 15.2. The number of benzene rings is 2. The fourth-order valence-corrected chi connectivity index (χ4v) is 2.20. The number of hydrogen-bond donors (Lipinski definition) is 2. The largest absolute Gasteiger partial charge is 0.489 e. The summed E-state index contributed by atoms with van der Waals surface area (Å²) in [5, 5.41) is 6.00. The second kappa shape index (κ2) is 10.1. The smallest absolute Gasteiger partial charge is 0.416 e. The van der Waals surface area contributed by atoms with E-state index in [1.807, 2.05) is 0 Å². The van der Waals surface area contributed by atoms with Crippen LogP contribution in [0.1, 0.15) is 17.5 Å². The summed E-state index contributed by atoms with van der Waals surface area (Å²) in [6.07, 6.45) is -2.21. The van der Waals surface area contributed by atoms with Crippen LogP contribution in [0.3, 0.4) is 0 Å². The molecule has 0 bridgehead atoms. The molecule has 2 N–H and O–H groups in total. The molecule has 0 heterocycles. The maximum absolute atomic E-state index is 12.7. The van der Waals surface area contributed by atoms with Crippen molar-refractivity contribution in [2.75, 3.05) is 11.9 Å². The van der Waals surface area contributed by atoms with Gasteiger partial charge in [-0.3, -0.25) is 9.59 Å². The van der Waals surface area contributed by atoms with Gasteiger partial charge in [0.25, 0.3) is 0 Å². The van der Waals surface area contributed by atoms with Gasteiger partial charge >= 0.3 is 6.18 Å². The Morgan fingerprint density at radius 2 is 1.86 bits per heavy atom. The average Bonchev–Trinajstić information content (AvgIpc) is 2.66. The zero-order chi connectivity index (χ0) is 21.3. The molecular formula is C20H18F3N3O3. The predicted octanol–water partition coefficient (Wildman–Crippen LogP) is 3.75. The van der Waals surface area contributed by atoms with Gasteiger partial charge in [0.15, 0.2) is 0 Å². The summed E-state index contributed by atoms with van der Waals surface area (Å²) in [7, 11) is 0. The monoisotopic (exact) mass is 405 g/mol. The minimum atomic E-state index is -4.53. The fourth-order valence-electron chi connectivity index (χ4n) is 2.20. The molecule has 9 heteroatoms. The van der Waals surface area contributed by atoms with Gasteiger partial charge in [0.1, 0.15) is 18.8 Å². The molecular weight excluding hydrogens is 387 g/mol. The van der Waals surface area contributed by atoms with Crippen LogP contribution in [0.15, 0.2) is 66.3 Å². The first-order valence-corrected chi connectivity index (χ1v) is 8.41. The number of halogens is 3. The molecule has 0 aliphatic rings. The second-order valence-electron chi connectivity index (χ2n) is 5.73. The highest BCUT2D eigenvalue weighted by Crippen LogP contribution is 2.30. The lowest BCUT2D eigenvalue weighted by molar-refractivity contribution is -0.137. The highest BCUT2D eigenvalue weighted by Gasteiger charge is 2.30. The number of alkyl halides is 3. The van der Waals surface area contributed by atoms with Crippen LogP contribution in [-0.4, -0.2) is 24.6 Å². The Kier molecular flexibility index (Phi) is 7.53. The number of ether oxygens (including phenoxy) is 1. The molecule has 0 spiro atoms. The first-order valence-electron chi connectivity index (χ1n) is 8.41. The first kappa shape index (κ1) is 21.7. The number of nitrogens with one attached hydrogen (secondary N) is 2. The third kappa shape index (κ3) is 7.13. The fraction of sp³-hybridized carbons (Fsp3) is 0.150. The molecule has 0 atom stereocenters. The van der Waals surface area contributed by atoms with Gasteiger partial charge in [-0.05, 0) is 30.3 Å². The number of para-hydroxylation sites is 1. The number of carbonyl (C=O) groups excluding carboxylic acids is 2. The van der Waals surface area contributed by atoms with E-state index >= 15 is 0 Å². The lowest BCUT2D eigenvalue weighted by Crippen LogP contribution is -2.24. The van der Waals surface area contributed by atoms with Gasteiger partial charge in [0.05, 0.1) is 11.8 Å². The van der Waals surface area contributed by atoms with Gasteiger partial charge in [-0.2, -0.15) is 18.3 Å². The van der Waals surface area contributed by atoms with Crippen LogP contribution in [0.5, 0.6) is 5.75 Å². The summed E-state index contributed by atoms with van der Waals surface area (Å²) in [5.74, 6) is -0.963. The number of carbonyl (C=O) groups is 2. The number of hydrogen-bond acceptors (Lipinski definition) is 4. The lowest BCUT2D eigenvalue weighted by atomic mass is 10.2. The summed E-state index contributed by atoms with van der Waals surface area (Å²) in [5.41, 5.74) is 1.82. The molecule has 0 unspecified atom stereocenters. The van der Waals surface area contributed by atoms with Crippen molar-refractivity contribution in [3.8, 4) is 5.75 Å². The van der Waals surface area contributed by atoms with E-state index in [1.54, 1.807) is 30.3 Å². The molecule has 0 aliphatic heterocycles. The molecule has 0 saturated carbocycles. The van der Waals surface area contributed by atoms with E-state index in [1.165, 1.54) is 12.3 Å². The molecule has 0 saturated heterocycles. The van der Waals surface area contributed by atoms with Crippen molar-refractivity contribution in [3.63, 3.8) is 0 Å². The van der Waals surface area contributed by atoms with E-state index in [0.29, 0.717) is 17.9 Å². The Hall–Kier alpha value is -3.62. The number of hydrazone groups is 1. The van der Waals surface area contributed by atoms with E-state index in [-0.39, 0.29) is 5.69 Å². The van der Waals surface area contributed by atoms with Gasteiger partial charge in [-0.1, -0.05) is 30.9 Å². The summed E-state index contributed by atoms with van der Waals surface area (Å²) >= 11 is 0. The highest BCUT2D eigenvalue weighted by atomic mass is 19.4. The van der Waals surface area contributed by atoms with Crippen LogP contribution >= 0.6 is 0 Å². The highest BCUT2D eigenvalue weighted by molar-refractivity contribution is 6.03. The lowest BCUT2D eigenvalue weighted by Gasteiger charge is -2.09. The normalized spacial score (nSPS) is 11.1. The van der Waals surface area contributed by atoms with Gasteiger partial charge in [-0.25, -0.2) is 5.43 Å². The van der Waals surface area contributed by atoms with Crippen molar-refractivity contribution in [2.45, 2.75) is 12.6 Å². The van der Waals surface area contributed by atoms with Crippen LogP contribution < -0.4 is 15.5 Å². The predicted molar refractivity (Wildman–Crippen MR) is 103 cm³/mol. The minimum absolute atomic E-state index is 0.0607. The van der Waals surface area contributed by atoms with Crippen molar-refractivity contribution >= 4 is 23.7 Å². The number of amides is 2. The summed E-state index contributed by atoms with van der Waals surface area (Å²) in [6.45, 7) is 3.85. The standard InChI is InChI=1S/C20H18F3N3O3/c1-2-10-29-17-9-4-3-6-14(17)13-24-26-19(28)12-18(27)25-16-8-5-7-15(11-16)20(21,22)23/h2-9,11,13H,1,10,12H2,(H,25,27)(H,26,28). The van der Waals surface area contributed by atoms with E-state index in [4.69, 9.17) is 4.74 Å². The Morgan fingerprint density at radius 1 is 1.10 bits per heavy atom. The quantitative estimate of drug-likeness (QED) is 0.304. The molecule has 29 heavy (non-hydrogen) atoms. The zero-order valence-corrected chi connectivity index (χ0v) is 15.2. The van der Waals surface area contributed by atoms with E-state index in [0.717, 1.165) is 18.2 Å². The van der Waals surface area contributed by atoms with Crippen molar-refractivity contribution in [3.05, 3.63) is 72.3 Å². The summed E-state index contributed by atoms with van der Waals surface area (Å²) in [6, 6.07) is 11.1. The summed E-state index contributed by atoms with van der Waals surface area (Å²) < 4.78 is 43.5. The number of rotatable bonds is 8. The van der Waals surface area contributed by atoms with Crippen molar-refractivity contribution in [1.82, 2.24) is 5.43 Å². The van der Waals surface area contributed by atoms with Crippen LogP contribution in [0.25, 0.3) is 0 Å². The Morgan fingerprint density at radius 3 is 2.59 bits per heavy atom. The molecule has 0 fully saturated rings. The maximum atomic E-state index is 12.7. The molecule has 6 nitrogen and oxygen atoms in total. The maximum Gasteiger partial charge on any atom is 0.416 e. The van der Waals surface area contributed by atoms with Crippen molar-refractivity contribution < 1.29 is 27.5 Å².